The molecule has 3 aromatic rings. The number of rotatable bonds is 4. The average Bonchev–Trinajstić information content (AvgIpc) is 3.06. The van der Waals surface area contributed by atoms with Gasteiger partial charge in [0.15, 0.2) is 0 Å². The fourth-order valence-corrected chi connectivity index (χ4v) is 2.73. The fraction of sp³-hybridized carbons (Fsp3) is 0.154. The van der Waals surface area contributed by atoms with Crippen LogP contribution in [0.15, 0.2) is 35.7 Å². The number of hydrogen-bond acceptors (Lipinski definition) is 5. The summed E-state index contributed by atoms with van der Waals surface area (Å²) in [7, 11) is 0. The van der Waals surface area contributed by atoms with E-state index in [1.54, 1.807) is 17.4 Å². The number of nitro benzene ring substituents is 1. The molecule has 1 aromatic carbocycles. The van der Waals surface area contributed by atoms with Gasteiger partial charge in [0.25, 0.3) is 5.69 Å². The van der Waals surface area contributed by atoms with Gasteiger partial charge in [-0.05, 0) is 24.4 Å². The molecule has 0 aliphatic rings. The lowest BCUT2D eigenvalue weighted by Gasteiger charge is -2.10. The van der Waals surface area contributed by atoms with Crippen molar-refractivity contribution < 1.29 is 4.92 Å². The minimum atomic E-state index is -0.415. The van der Waals surface area contributed by atoms with E-state index in [0.29, 0.717) is 17.0 Å². The summed E-state index contributed by atoms with van der Waals surface area (Å²) in [6.07, 6.45) is 0. The highest BCUT2D eigenvalue weighted by molar-refractivity contribution is 7.10. The van der Waals surface area contributed by atoms with Crippen molar-refractivity contribution in [3.05, 3.63) is 50.7 Å². The van der Waals surface area contributed by atoms with Crippen molar-refractivity contribution in [2.45, 2.75) is 13.0 Å². The first-order chi connectivity index (χ1) is 9.63. The Balaban J connectivity index is 1.87. The zero-order valence-corrected chi connectivity index (χ0v) is 11.5. The Labute approximate surface area is 118 Å². The first kappa shape index (κ1) is 12.6. The third-order valence-corrected chi connectivity index (χ3v) is 4.05. The summed E-state index contributed by atoms with van der Waals surface area (Å²) in [5.41, 5.74) is 1.41. The van der Waals surface area contributed by atoms with E-state index in [1.165, 1.54) is 17.0 Å². The van der Waals surface area contributed by atoms with Gasteiger partial charge in [0.2, 0.25) is 5.95 Å². The van der Waals surface area contributed by atoms with E-state index in [2.05, 4.69) is 21.4 Å². The van der Waals surface area contributed by atoms with Gasteiger partial charge < -0.3 is 10.3 Å². The van der Waals surface area contributed by atoms with E-state index in [0.717, 1.165) is 0 Å². The molecule has 102 valence electrons. The molecule has 1 atom stereocenters. The molecule has 0 aliphatic heterocycles. The van der Waals surface area contributed by atoms with E-state index >= 15 is 0 Å². The van der Waals surface area contributed by atoms with Crippen LogP contribution in [0, 0.1) is 10.1 Å². The molecular weight excluding hydrogens is 276 g/mol. The Bertz CT molecular complexity index is 751. The number of nitro groups is 1. The summed E-state index contributed by atoms with van der Waals surface area (Å²) in [5, 5.41) is 16.0. The van der Waals surface area contributed by atoms with Crippen LogP contribution in [0.5, 0.6) is 0 Å². The molecule has 2 aromatic heterocycles. The van der Waals surface area contributed by atoms with E-state index in [9.17, 15) is 10.1 Å². The molecule has 0 spiro atoms. The van der Waals surface area contributed by atoms with Crippen molar-refractivity contribution in [1.82, 2.24) is 9.97 Å². The Morgan fingerprint density at radius 2 is 2.30 bits per heavy atom. The topological polar surface area (TPSA) is 83.8 Å². The number of imidazole rings is 1. The summed E-state index contributed by atoms with van der Waals surface area (Å²) in [6, 6.07) is 8.77. The normalized spacial score (nSPS) is 12.4. The highest BCUT2D eigenvalue weighted by atomic mass is 32.1. The third-order valence-electron chi connectivity index (χ3n) is 3.00. The summed E-state index contributed by atoms with van der Waals surface area (Å²) in [4.78, 5) is 19.0. The minimum Gasteiger partial charge on any atom is -0.348 e. The summed E-state index contributed by atoms with van der Waals surface area (Å²) in [5.74, 6) is 0.612. The van der Waals surface area contributed by atoms with Gasteiger partial charge in [-0.1, -0.05) is 6.07 Å². The quantitative estimate of drug-likeness (QED) is 0.566. The Hall–Kier alpha value is -2.41. The molecular formula is C13H12N4O2S. The molecule has 2 N–H and O–H groups in total. The molecule has 0 aliphatic carbocycles. The van der Waals surface area contributed by atoms with Crippen LogP contribution in [-0.2, 0) is 0 Å². The minimum absolute atomic E-state index is 0.0546. The van der Waals surface area contributed by atoms with Gasteiger partial charge in [0.05, 0.1) is 22.0 Å². The van der Waals surface area contributed by atoms with Gasteiger partial charge >= 0.3 is 0 Å². The second-order valence-corrected chi connectivity index (χ2v) is 5.40. The van der Waals surface area contributed by atoms with Crippen molar-refractivity contribution in [2.24, 2.45) is 0 Å². The number of non-ortho nitro benzene ring substituents is 1. The molecule has 0 radical (unpaired) electrons. The maximum atomic E-state index is 10.7. The van der Waals surface area contributed by atoms with Gasteiger partial charge in [0.1, 0.15) is 0 Å². The zero-order chi connectivity index (χ0) is 14.1. The molecule has 3 rings (SSSR count). The summed E-state index contributed by atoms with van der Waals surface area (Å²) < 4.78 is 0. The fourth-order valence-electron chi connectivity index (χ4n) is 1.99. The number of fused-ring (bicyclic) bond motifs is 1. The molecule has 0 fully saturated rings. The lowest BCUT2D eigenvalue weighted by atomic mass is 10.3. The Morgan fingerprint density at radius 3 is 3.00 bits per heavy atom. The number of nitrogens with zero attached hydrogens (tertiary/aromatic N) is 2. The molecule has 20 heavy (non-hydrogen) atoms. The number of H-pyrrole nitrogens is 1. The second-order valence-electron chi connectivity index (χ2n) is 4.43. The van der Waals surface area contributed by atoms with Crippen molar-refractivity contribution in [2.75, 3.05) is 5.32 Å². The zero-order valence-electron chi connectivity index (χ0n) is 10.7. The number of hydrogen-bond donors (Lipinski definition) is 2. The molecule has 0 amide bonds. The first-order valence-corrected chi connectivity index (χ1v) is 6.95. The highest BCUT2D eigenvalue weighted by Gasteiger charge is 2.12. The average molecular weight is 288 g/mol. The van der Waals surface area contributed by atoms with Gasteiger partial charge in [-0.15, -0.1) is 11.3 Å². The van der Waals surface area contributed by atoms with E-state index in [-0.39, 0.29) is 11.7 Å². The summed E-state index contributed by atoms with van der Waals surface area (Å²) >= 11 is 1.67. The molecule has 1 unspecified atom stereocenters. The Morgan fingerprint density at radius 1 is 1.45 bits per heavy atom. The van der Waals surface area contributed by atoms with Gasteiger partial charge in [-0.3, -0.25) is 10.1 Å². The van der Waals surface area contributed by atoms with Crippen LogP contribution in [-0.4, -0.2) is 14.9 Å². The van der Waals surface area contributed by atoms with Crippen molar-refractivity contribution in [1.29, 1.82) is 0 Å². The number of nitrogens with one attached hydrogen (secondary N) is 2. The summed E-state index contributed by atoms with van der Waals surface area (Å²) in [6.45, 7) is 2.04. The maximum absolute atomic E-state index is 10.7. The monoisotopic (exact) mass is 288 g/mol. The largest absolute Gasteiger partial charge is 0.348 e. The van der Waals surface area contributed by atoms with E-state index in [1.807, 2.05) is 18.4 Å². The van der Waals surface area contributed by atoms with Crippen LogP contribution < -0.4 is 5.32 Å². The van der Waals surface area contributed by atoms with Crippen LogP contribution >= 0.6 is 11.3 Å². The van der Waals surface area contributed by atoms with E-state index in [4.69, 9.17) is 0 Å². The smallest absolute Gasteiger partial charge is 0.271 e. The van der Waals surface area contributed by atoms with Crippen molar-refractivity contribution >= 4 is 34.0 Å². The molecule has 0 saturated heterocycles. The predicted molar refractivity (Wildman–Crippen MR) is 79.1 cm³/mol. The molecule has 0 saturated carbocycles. The van der Waals surface area contributed by atoms with Crippen LogP contribution in [0.1, 0.15) is 17.8 Å². The molecule has 2 heterocycles. The van der Waals surface area contributed by atoms with Gasteiger partial charge in [-0.25, -0.2) is 4.98 Å². The van der Waals surface area contributed by atoms with Crippen molar-refractivity contribution in [3.63, 3.8) is 0 Å². The standard InChI is InChI=1S/C13H12N4O2S/c1-8(12-3-2-6-20-12)14-13-15-10-5-4-9(17(18)19)7-11(10)16-13/h2-8H,1H3,(H2,14,15,16). The SMILES string of the molecule is CC(Nc1nc2ccc([N+](=O)[O-])cc2[nH]1)c1cccs1. The number of benzene rings is 1. The van der Waals surface area contributed by atoms with E-state index < -0.39 is 4.92 Å². The molecule has 7 heteroatoms. The number of aromatic nitrogens is 2. The predicted octanol–water partition coefficient (Wildman–Crippen LogP) is 3.71. The van der Waals surface area contributed by atoms with Crippen LogP contribution in [0.3, 0.4) is 0 Å². The molecule has 0 bridgehead atoms. The van der Waals surface area contributed by atoms with Crippen LogP contribution in [0.2, 0.25) is 0 Å². The lowest BCUT2D eigenvalue weighted by Crippen LogP contribution is -2.05. The highest BCUT2D eigenvalue weighted by Crippen LogP contribution is 2.24. The maximum Gasteiger partial charge on any atom is 0.271 e. The lowest BCUT2D eigenvalue weighted by molar-refractivity contribution is -0.384. The van der Waals surface area contributed by atoms with Crippen LogP contribution in [0.4, 0.5) is 11.6 Å². The van der Waals surface area contributed by atoms with Crippen molar-refractivity contribution in [3.8, 4) is 0 Å². The number of aromatic amines is 1. The Kier molecular flexibility index (Phi) is 3.11. The number of thiophene rings is 1. The second kappa shape index (κ2) is 4.93. The number of anilines is 1. The van der Waals surface area contributed by atoms with Gasteiger partial charge in [-0.2, -0.15) is 0 Å². The molecule has 6 nitrogen and oxygen atoms in total. The third kappa shape index (κ3) is 2.35. The van der Waals surface area contributed by atoms with Gasteiger partial charge in [0, 0.05) is 17.0 Å². The van der Waals surface area contributed by atoms with Crippen LogP contribution in [0.25, 0.3) is 11.0 Å². The first-order valence-electron chi connectivity index (χ1n) is 6.07.